The summed E-state index contributed by atoms with van der Waals surface area (Å²) in [6.45, 7) is 1.28. The van der Waals surface area contributed by atoms with E-state index in [1.165, 1.54) is 6.07 Å². The molecule has 1 aliphatic heterocycles. The maximum absolute atomic E-state index is 13.5. The van der Waals surface area contributed by atoms with Gasteiger partial charge in [-0.15, -0.1) is 0 Å². The van der Waals surface area contributed by atoms with Crippen molar-refractivity contribution in [2.45, 2.75) is 23.8 Å². The molecule has 2 N–H and O–H groups in total. The third-order valence-electron chi connectivity index (χ3n) is 2.98. The Kier molecular flexibility index (Phi) is 4.12. The fraction of sp³-hybridized carbons (Fsp3) is 0.500. The Balaban J connectivity index is 2.07. The maximum atomic E-state index is 13.5. The Morgan fingerprint density at radius 1 is 1.41 bits per heavy atom. The Bertz CT molecular complexity index is 399. The molecule has 0 spiro atoms. The smallest absolute Gasteiger partial charge is 0.129 e. The zero-order chi connectivity index (χ0) is 12.3. The molecule has 17 heavy (non-hydrogen) atoms. The summed E-state index contributed by atoms with van der Waals surface area (Å²) in [6.07, 6.45) is 1.56. The summed E-state index contributed by atoms with van der Waals surface area (Å²) in [5, 5.41) is 0.0998. The zero-order valence-electron chi connectivity index (χ0n) is 9.52. The SMILES string of the molecule is Nc1cccc(F)c1CS(=O)C1CCOCC1. The second kappa shape index (κ2) is 5.60. The summed E-state index contributed by atoms with van der Waals surface area (Å²) in [6, 6.07) is 4.55. The summed E-state index contributed by atoms with van der Waals surface area (Å²) in [5.74, 6) is -0.172. The molecule has 1 unspecified atom stereocenters. The molecule has 0 aromatic heterocycles. The molecule has 0 aliphatic carbocycles. The number of nitrogens with two attached hydrogens (primary N) is 1. The summed E-state index contributed by atoms with van der Waals surface area (Å²) >= 11 is 0. The van der Waals surface area contributed by atoms with Crippen molar-refractivity contribution >= 4 is 16.5 Å². The standard InChI is InChI=1S/C12H16FNO2S/c13-11-2-1-3-12(14)10(11)8-17(15)9-4-6-16-7-5-9/h1-3,9H,4-8,14H2. The molecular formula is C12H16FNO2S. The summed E-state index contributed by atoms with van der Waals surface area (Å²) < 4.78 is 30.9. The monoisotopic (exact) mass is 257 g/mol. The Labute approximate surface area is 103 Å². The van der Waals surface area contributed by atoms with Crippen molar-refractivity contribution in [3.05, 3.63) is 29.6 Å². The van der Waals surface area contributed by atoms with Gasteiger partial charge in [0.2, 0.25) is 0 Å². The van der Waals surface area contributed by atoms with E-state index in [0.29, 0.717) is 24.5 Å². The molecule has 0 amide bonds. The van der Waals surface area contributed by atoms with Crippen LogP contribution in [0, 0.1) is 5.82 Å². The van der Waals surface area contributed by atoms with Crippen molar-refractivity contribution < 1.29 is 13.3 Å². The number of anilines is 1. The number of ether oxygens (including phenoxy) is 1. The highest BCUT2D eigenvalue weighted by Crippen LogP contribution is 2.22. The van der Waals surface area contributed by atoms with Crippen LogP contribution in [0.15, 0.2) is 18.2 Å². The molecule has 1 atom stereocenters. The van der Waals surface area contributed by atoms with Crippen LogP contribution in [0.2, 0.25) is 0 Å². The molecule has 1 aromatic carbocycles. The van der Waals surface area contributed by atoms with E-state index in [1.807, 2.05) is 0 Å². The minimum absolute atomic E-state index is 0.0998. The van der Waals surface area contributed by atoms with Gasteiger partial charge in [0, 0.05) is 40.5 Å². The Morgan fingerprint density at radius 3 is 2.76 bits per heavy atom. The first kappa shape index (κ1) is 12.5. The van der Waals surface area contributed by atoms with Gasteiger partial charge in [-0.3, -0.25) is 4.21 Å². The fourth-order valence-electron chi connectivity index (χ4n) is 1.93. The predicted octanol–water partition coefficient (Wildman–Crippen LogP) is 1.84. The maximum Gasteiger partial charge on any atom is 0.129 e. The molecule has 5 heteroatoms. The van der Waals surface area contributed by atoms with Gasteiger partial charge in [0.1, 0.15) is 5.82 Å². The third kappa shape index (κ3) is 3.04. The molecule has 2 rings (SSSR count). The van der Waals surface area contributed by atoms with E-state index in [0.717, 1.165) is 12.8 Å². The number of hydrogen-bond acceptors (Lipinski definition) is 3. The second-order valence-corrected chi connectivity index (χ2v) is 5.86. The van der Waals surface area contributed by atoms with Crippen LogP contribution in [-0.4, -0.2) is 22.7 Å². The minimum atomic E-state index is -1.08. The van der Waals surface area contributed by atoms with Gasteiger partial charge < -0.3 is 10.5 Å². The molecule has 3 nitrogen and oxygen atoms in total. The van der Waals surface area contributed by atoms with E-state index in [9.17, 15) is 8.60 Å². The van der Waals surface area contributed by atoms with Gasteiger partial charge >= 0.3 is 0 Å². The lowest BCUT2D eigenvalue weighted by molar-refractivity contribution is 0.0992. The van der Waals surface area contributed by atoms with E-state index in [1.54, 1.807) is 12.1 Å². The minimum Gasteiger partial charge on any atom is -0.398 e. The van der Waals surface area contributed by atoms with Crippen molar-refractivity contribution in [3.8, 4) is 0 Å². The summed E-state index contributed by atoms with van der Waals surface area (Å²) in [4.78, 5) is 0. The highest BCUT2D eigenvalue weighted by molar-refractivity contribution is 7.84. The molecule has 1 aliphatic rings. The lowest BCUT2D eigenvalue weighted by Gasteiger charge is -2.21. The number of benzene rings is 1. The molecule has 0 radical (unpaired) electrons. The van der Waals surface area contributed by atoms with Crippen molar-refractivity contribution in [2.24, 2.45) is 0 Å². The van der Waals surface area contributed by atoms with Gasteiger partial charge in [0.05, 0.1) is 5.75 Å². The quantitative estimate of drug-likeness (QED) is 0.841. The van der Waals surface area contributed by atoms with Gasteiger partial charge in [-0.05, 0) is 25.0 Å². The van der Waals surface area contributed by atoms with Crippen LogP contribution >= 0.6 is 0 Å². The largest absolute Gasteiger partial charge is 0.398 e. The van der Waals surface area contributed by atoms with Crippen LogP contribution < -0.4 is 5.73 Å². The van der Waals surface area contributed by atoms with Crippen LogP contribution in [0.25, 0.3) is 0 Å². The van der Waals surface area contributed by atoms with Crippen molar-refractivity contribution in [1.82, 2.24) is 0 Å². The molecule has 0 saturated carbocycles. The zero-order valence-corrected chi connectivity index (χ0v) is 10.3. The van der Waals surface area contributed by atoms with E-state index >= 15 is 0 Å². The highest BCUT2D eigenvalue weighted by Gasteiger charge is 2.22. The first-order valence-electron chi connectivity index (χ1n) is 5.66. The first-order chi connectivity index (χ1) is 8.18. The van der Waals surface area contributed by atoms with Crippen molar-refractivity contribution in [3.63, 3.8) is 0 Å². The number of halogens is 1. The van der Waals surface area contributed by atoms with Gasteiger partial charge in [-0.25, -0.2) is 4.39 Å². The summed E-state index contributed by atoms with van der Waals surface area (Å²) in [7, 11) is -1.08. The van der Waals surface area contributed by atoms with E-state index < -0.39 is 10.8 Å². The lowest BCUT2D eigenvalue weighted by atomic mass is 10.2. The predicted molar refractivity (Wildman–Crippen MR) is 66.5 cm³/mol. The van der Waals surface area contributed by atoms with Crippen LogP contribution in [-0.2, 0) is 21.3 Å². The van der Waals surface area contributed by atoms with Crippen LogP contribution in [0.1, 0.15) is 18.4 Å². The normalized spacial score (nSPS) is 19.1. The van der Waals surface area contributed by atoms with Crippen LogP contribution in [0.3, 0.4) is 0 Å². The summed E-state index contributed by atoms with van der Waals surface area (Å²) in [5.41, 5.74) is 6.45. The third-order valence-corrected chi connectivity index (χ3v) is 4.77. The van der Waals surface area contributed by atoms with E-state index in [4.69, 9.17) is 10.5 Å². The van der Waals surface area contributed by atoms with Crippen LogP contribution in [0.4, 0.5) is 10.1 Å². The van der Waals surface area contributed by atoms with Crippen molar-refractivity contribution in [1.29, 1.82) is 0 Å². The van der Waals surface area contributed by atoms with Gasteiger partial charge in [0.15, 0.2) is 0 Å². The molecular weight excluding hydrogens is 241 g/mol. The lowest BCUT2D eigenvalue weighted by Crippen LogP contribution is -2.26. The highest BCUT2D eigenvalue weighted by atomic mass is 32.2. The van der Waals surface area contributed by atoms with Crippen molar-refractivity contribution in [2.75, 3.05) is 18.9 Å². The number of rotatable bonds is 3. The van der Waals surface area contributed by atoms with E-state index in [2.05, 4.69) is 0 Å². The van der Waals surface area contributed by atoms with Gasteiger partial charge in [-0.1, -0.05) is 6.07 Å². The number of nitrogen functional groups attached to an aromatic ring is 1. The fourth-order valence-corrected chi connectivity index (χ4v) is 3.47. The average Bonchev–Trinajstić information content (AvgIpc) is 2.35. The molecule has 1 saturated heterocycles. The van der Waals surface area contributed by atoms with Gasteiger partial charge in [-0.2, -0.15) is 0 Å². The van der Waals surface area contributed by atoms with Crippen LogP contribution in [0.5, 0.6) is 0 Å². The number of hydrogen-bond donors (Lipinski definition) is 1. The average molecular weight is 257 g/mol. The molecule has 1 fully saturated rings. The Hall–Kier alpha value is -0.940. The first-order valence-corrected chi connectivity index (χ1v) is 7.04. The molecule has 1 aromatic rings. The topological polar surface area (TPSA) is 52.3 Å². The molecule has 94 valence electrons. The second-order valence-electron chi connectivity index (χ2n) is 4.14. The molecule has 0 bridgehead atoms. The Morgan fingerprint density at radius 2 is 2.12 bits per heavy atom. The molecule has 1 heterocycles. The van der Waals surface area contributed by atoms with Gasteiger partial charge in [0.25, 0.3) is 0 Å². The van der Waals surface area contributed by atoms with E-state index in [-0.39, 0.29) is 16.8 Å².